The van der Waals surface area contributed by atoms with Gasteiger partial charge in [-0.2, -0.15) is 0 Å². The maximum absolute atomic E-state index is 14.7. The number of hydrogen-bond acceptors (Lipinski definition) is 4. The standard InChI is InChI=1S/C27H29FN2O3/c28-26-19-24(33-17-14-30-12-15-32-16-13-30)10-11-25(26)23-8-6-21(7-9-23)18-27(31)29-20-22-4-2-1-3-5-22/h1-11,19H,12-18,20H2,(H,29,31). The number of rotatable bonds is 9. The van der Waals surface area contributed by atoms with Crippen molar-refractivity contribution in [2.45, 2.75) is 13.0 Å². The minimum absolute atomic E-state index is 0.0450. The molecule has 5 nitrogen and oxygen atoms in total. The van der Waals surface area contributed by atoms with E-state index in [9.17, 15) is 9.18 Å². The molecule has 4 rings (SSSR count). The Morgan fingerprint density at radius 1 is 0.970 bits per heavy atom. The molecular weight excluding hydrogens is 419 g/mol. The first-order valence-corrected chi connectivity index (χ1v) is 11.3. The van der Waals surface area contributed by atoms with E-state index in [1.54, 1.807) is 12.1 Å². The number of nitrogens with one attached hydrogen (secondary N) is 1. The summed E-state index contributed by atoms with van der Waals surface area (Å²) >= 11 is 0. The molecule has 0 spiro atoms. The van der Waals surface area contributed by atoms with Crippen LogP contribution in [0.3, 0.4) is 0 Å². The number of morpholine rings is 1. The Bertz CT molecular complexity index is 1030. The lowest BCUT2D eigenvalue weighted by Gasteiger charge is -2.26. The second-order valence-electron chi connectivity index (χ2n) is 8.08. The first-order valence-electron chi connectivity index (χ1n) is 11.3. The van der Waals surface area contributed by atoms with E-state index >= 15 is 0 Å². The number of amides is 1. The van der Waals surface area contributed by atoms with Crippen molar-refractivity contribution in [3.8, 4) is 16.9 Å². The monoisotopic (exact) mass is 448 g/mol. The lowest BCUT2D eigenvalue weighted by atomic mass is 10.0. The lowest BCUT2D eigenvalue weighted by molar-refractivity contribution is -0.120. The molecular formula is C27H29FN2O3. The van der Waals surface area contributed by atoms with Gasteiger partial charge in [-0.3, -0.25) is 9.69 Å². The molecule has 172 valence electrons. The van der Waals surface area contributed by atoms with Gasteiger partial charge in [-0.05, 0) is 28.8 Å². The number of benzene rings is 3. The molecule has 1 saturated heterocycles. The third-order valence-electron chi connectivity index (χ3n) is 5.68. The van der Waals surface area contributed by atoms with E-state index in [1.807, 2.05) is 54.6 Å². The fraction of sp³-hybridized carbons (Fsp3) is 0.296. The van der Waals surface area contributed by atoms with Gasteiger partial charge >= 0.3 is 0 Å². The molecule has 1 aliphatic heterocycles. The maximum atomic E-state index is 14.7. The first kappa shape index (κ1) is 23.0. The van der Waals surface area contributed by atoms with Crippen LogP contribution in [0.1, 0.15) is 11.1 Å². The van der Waals surface area contributed by atoms with Gasteiger partial charge in [0.15, 0.2) is 0 Å². The van der Waals surface area contributed by atoms with Crippen molar-refractivity contribution in [2.75, 3.05) is 39.5 Å². The van der Waals surface area contributed by atoms with Crippen LogP contribution in [-0.4, -0.2) is 50.3 Å². The smallest absolute Gasteiger partial charge is 0.224 e. The number of carbonyl (C=O) groups is 1. The van der Waals surface area contributed by atoms with Gasteiger partial charge in [-0.1, -0.05) is 54.6 Å². The molecule has 1 heterocycles. The summed E-state index contributed by atoms with van der Waals surface area (Å²) in [4.78, 5) is 14.5. The molecule has 0 aliphatic carbocycles. The minimum Gasteiger partial charge on any atom is -0.492 e. The molecule has 1 fully saturated rings. The average Bonchev–Trinajstić information content (AvgIpc) is 2.85. The zero-order valence-electron chi connectivity index (χ0n) is 18.6. The minimum atomic E-state index is -0.327. The van der Waals surface area contributed by atoms with E-state index in [0.29, 0.717) is 24.5 Å². The zero-order valence-corrected chi connectivity index (χ0v) is 18.6. The van der Waals surface area contributed by atoms with E-state index < -0.39 is 0 Å². The van der Waals surface area contributed by atoms with Crippen molar-refractivity contribution in [1.29, 1.82) is 0 Å². The van der Waals surface area contributed by atoms with Crippen molar-refractivity contribution in [1.82, 2.24) is 10.2 Å². The summed E-state index contributed by atoms with van der Waals surface area (Å²) in [5.41, 5.74) is 3.22. The van der Waals surface area contributed by atoms with Crippen LogP contribution >= 0.6 is 0 Å². The molecule has 3 aromatic rings. The summed E-state index contributed by atoms with van der Waals surface area (Å²) in [6.45, 7) is 5.13. The molecule has 3 aromatic carbocycles. The maximum Gasteiger partial charge on any atom is 0.224 e. The van der Waals surface area contributed by atoms with Crippen molar-refractivity contribution in [3.05, 3.63) is 89.7 Å². The van der Waals surface area contributed by atoms with Gasteiger partial charge in [0.2, 0.25) is 5.91 Å². The summed E-state index contributed by atoms with van der Waals surface area (Å²) < 4.78 is 25.8. The Hall–Kier alpha value is -3.22. The summed E-state index contributed by atoms with van der Waals surface area (Å²) in [6, 6.07) is 22.2. The van der Waals surface area contributed by atoms with Crippen LogP contribution in [-0.2, 0) is 22.5 Å². The third kappa shape index (κ3) is 6.88. The van der Waals surface area contributed by atoms with E-state index in [1.165, 1.54) is 6.07 Å². The summed E-state index contributed by atoms with van der Waals surface area (Å²) in [7, 11) is 0. The van der Waals surface area contributed by atoms with Crippen molar-refractivity contribution in [3.63, 3.8) is 0 Å². The highest BCUT2D eigenvalue weighted by Gasteiger charge is 2.11. The molecule has 1 N–H and O–H groups in total. The highest BCUT2D eigenvalue weighted by Crippen LogP contribution is 2.26. The van der Waals surface area contributed by atoms with Gasteiger partial charge in [-0.15, -0.1) is 0 Å². The average molecular weight is 449 g/mol. The summed E-state index contributed by atoms with van der Waals surface area (Å²) in [6.07, 6.45) is 0.283. The SMILES string of the molecule is O=C(Cc1ccc(-c2ccc(OCCN3CCOCC3)cc2F)cc1)NCc1ccccc1. The third-order valence-corrected chi connectivity index (χ3v) is 5.68. The van der Waals surface area contributed by atoms with Crippen molar-refractivity contribution < 1.29 is 18.7 Å². The molecule has 33 heavy (non-hydrogen) atoms. The lowest BCUT2D eigenvalue weighted by Crippen LogP contribution is -2.38. The Labute approximate surface area is 194 Å². The van der Waals surface area contributed by atoms with Crippen molar-refractivity contribution >= 4 is 5.91 Å². The van der Waals surface area contributed by atoms with Crippen molar-refractivity contribution in [2.24, 2.45) is 0 Å². The molecule has 0 bridgehead atoms. The van der Waals surface area contributed by atoms with Crippen LogP contribution in [0.25, 0.3) is 11.1 Å². The number of halogens is 1. The second-order valence-corrected chi connectivity index (χ2v) is 8.08. The fourth-order valence-electron chi connectivity index (χ4n) is 3.78. The molecule has 1 amide bonds. The molecule has 0 unspecified atom stereocenters. The zero-order chi connectivity index (χ0) is 22.9. The predicted molar refractivity (Wildman–Crippen MR) is 127 cm³/mol. The number of carbonyl (C=O) groups excluding carboxylic acids is 1. The number of hydrogen-bond donors (Lipinski definition) is 1. The van der Waals surface area contributed by atoms with Gasteiger partial charge in [0.05, 0.1) is 19.6 Å². The first-order chi connectivity index (χ1) is 16.2. The predicted octanol–water partition coefficient (Wildman–Crippen LogP) is 4.06. The normalized spacial score (nSPS) is 14.1. The van der Waals surface area contributed by atoms with Crippen LogP contribution in [0.2, 0.25) is 0 Å². The molecule has 0 aromatic heterocycles. The van der Waals surface area contributed by atoms with E-state index in [-0.39, 0.29) is 18.1 Å². The number of ether oxygens (including phenoxy) is 2. The van der Waals surface area contributed by atoms with Gasteiger partial charge in [0.25, 0.3) is 0 Å². The molecule has 0 saturated carbocycles. The van der Waals surface area contributed by atoms with Crippen LogP contribution in [0.4, 0.5) is 4.39 Å². The van der Waals surface area contributed by atoms with Crippen LogP contribution in [0.15, 0.2) is 72.8 Å². The van der Waals surface area contributed by atoms with Gasteiger partial charge in [0, 0.05) is 37.8 Å². The second kappa shape index (κ2) is 11.6. The van der Waals surface area contributed by atoms with Crippen LogP contribution in [0, 0.1) is 5.82 Å². The summed E-state index contributed by atoms with van der Waals surface area (Å²) in [5.74, 6) is 0.153. The Morgan fingerprint density at radius 2 is 1.73 bits per heavy atom. The van der Waals surface area contributed by atoms with Gasteiger partial charge in [-0.25, -0.2) is 4.39 Å². The fourth-order valence-corrected chi connectivity index (χ4v) is 3.78. The Balaban J connectivity index is 1.28. The van der Waals surface area contributed by atoms with Gasteiger partial charge < -0.3 is 14.8 Å². The van der Waals surface area contributed by atoms with Gasteiger partial charge in [0.1, 0.15) is 18.2 Å². The quantitative estimate of drug-likeness (QED) is 0.536. The topological polar surface area (TPSA) is 50.8 Å². The Kier molecular flexibility index (Phi) is 8.06. The van der Waals surface area contributed by atoms with E-state index in [0.717, 1.165) is 49.5 Å². The van der Waals surface area contributed by atoms with E-state index in [2.05, 4.69) is 10.2 Å². The molecule has 6 heteroatoms. The highest BCUT2D eigenvalue weighted by atomic mass is 19.1. The largest absolute Gasteiger partial charge is 0.492 e. The number of nitrogens with zero attached hydrogens (tertiary/aromatic N) is 1. The van der Waals surface area contributed by atoms with Crippen LogP contribution in [0.5, 0.6) is 5.75 Å². The van der Waals surface area contributed by atoms with Crippen LogP contribution < -0.4 is 10.1 Å². The molecule has 0 radical (unpaired) electrons. The highest BCUT2D eigenvalue weighted by molar-refractivity contribution is 5.79. The Morgan fingerprint density at radius 3 is 2.45 bits per heavy atom. The summed E-state index contributed by atoms with van der Waals surface area (Å²) in [5, 5.41) is 2.92. The molecule has 1 aliphatic rings. The van der Waals surface area contributed by atoms with E-state index in [4.69, 9.17) is 9.47 Å². The molecule has 0 atom stereocenters.